The van der Waals surface area contributed by atoms with Crippen LogP contribution in [0.25, 0.3) is 0 Å². The average molecular weight is 191 g/mol. The topological polar surface area (TPSA) is 40.9 Å². The Kier molecular flexibility index (Phi) is 2.98. The lowest BCUT2D eigenvalue weighted by molar-refractivity contribution is 0.101. The number of benzene rings is 1. The van der Waals surface area contributed by atoms with Crippen LogP contribution in [0.3, 0.4) is 0 Å². The number of aryl methyl sites for hydroxylation is 1. The number of rotatable bonds is 2. The molecule has 0 fully saturated rings. The molecular formula is C11H10FNO. The SMILES string of the molecule is CCc1cc(F)cc(C#N)c1C(C)=O. The largest absolute Gasteiger partial charge is 0.294 e. The van der Waals surface area contributed by atoms with Crippen molar-refractivity contribution in [1.82, 2.24) is 0 Å². The molecule has 0 aliphatic carbocycles. The third-order valence-corrected chi connectivity index (χ3v) is 2.04. The molecule has 1 aromatic rings. The number of nitrogens with zero attached hydrogens (tertiary/aromatic N) is 1. The molecule has 0 saturated heterocycles. The third kappa shape index (κ3) is 1.80. The monoisotopic (exact) mass is 191 g/mol. The van der Waals surface area contributed by atoms with Crippen LogP contribution in [0, 0.1) is 17.1 Å². The second kappa shape index (κ2) is 4.01. The van der Waals surface area contributed by atoms with E-state index in [1.165, 1.54) is 13.0 Å². The van der Waals surface area contributed by atoms with E-state index in [2.05, 4.69) is 0 Å². The minimum absolute atomic E-state index is 0.120. The molecule has 0 amide bonds. The first-order chi connectivity index (χ1) is 6.60. The summed E-state index contributed by atoms with van der Waals surface area (Å²) in [6.45, 7) is 3.20. The fourth-order valence-corrected chi connectivity index (χ4v) is 1.45. The van der Waals surface area contributed by atoms with E-state index < -0.39 is 5.82 Å². The Labute approximate surface area is 82.0 Å². The zero-order valence-electron chi connectivity index (χ0n) is 8.10. The number of nitriles is 1. The standard InChI is InChI=1S/C11H10FNO/c1-3-8-4-10(12)5-9(6-13)11(8)7(2)14/h4-5H,3H2,1-2H3. The second-order valence-corrected chi connectivity index (χ2v) is 3.01. The molecule has 0 aliphatic heterocycles. The second-order valence-electron chi connectivity index (χ2n) is 3.01. The fourth-order valence-electron chi connectivity index (χ4n) is 1.45. The Morgan fingerprint density at radius 1 is 1.57 bits per heavy atom. The Bertz CT molecular complexity index is 418. The summed E-state index contributed by atoms with van der Waals surface area (Å²) in [5.74, 6) is -0.665. The quantitative estimate of drug-likeness (QED) is 0.674. The average Bonchev–Trinajstić information content (AvgIpc) is 2.15. The fraction of sp³-hybridized carbons (Fsp3) is 0.273. The first kappa shape index (κ1) is 10.4. The molecule has 72 valence electrons. The highest BCUT2D eigenvalue weighted by molar-refractivity contribution is 5.98. The van der Waals surface area contributed by atoms with Crippen molar-refractivity contribution in [2.45, 2.75) is 20.3 Å². The number of carbonyl (C=O) groups is 1. The van der Waals surface area contributed by atoms with Gasteiger partial charge in [0.05, 0.1) is 11.6 Å². The van der Waals surface area contributed by atoms with Gasteiger partial charge in [-0.3, -0.25) is 4.79 Å². The van der Waals surface area contributed by atoms with Gasteiger partial charge in [0.1, 0.15) is 5.82 Å². The van der Waals surface area contributed by atoms with Gasteiger partial charge in [0.15, 0.2) is 5.78 Å². The predicted octanol–water partition coefficient (Wildman–Crippen LogP) is 2.46. The maximum atomic E-state index is 13.0. The van der Waals surface area contributed by atoms with Crippen LogP contribution < -0.4 is 0 Å². The molecule has 1 aromatic carbocycles. The van der Waals surface area contributed by atoms with Gasteiger partial charge in [0.25, 0.3) is 0 Å². The molecular weight excluding hydrogens is 181 g/mol. The van der Waals surface area contributed by atoms with E-state index in [0.29, 0.717) is 17.5 Å². The summed E-state index contributed by atoms with van der Waals surface area (Å²) in [7, 11) is 0. The van der Waals surface area contributed by atoms with Crippen LogP contribution in [0.4, 0.5) is 4.39 Å². The summed E-state index contributed by atoms with van der Waals surface area (Å²) >= 11 is 0. The molecule has 3 heteroatoms. The van der Waals surface area contributed by atoms with E-state index in [1.54, 1.807) is 0 Å². The van der Waals surface area contributed by atoms with E-state index in [9.17, 15) is 9.18 Å². The third-order valence-electron chi connectivity index (χ3n) is 2.04. The molecule has 0 radical (unpaired) electrons. The van der Waals surface area contributed by atoms with Crippen molar-refractivity contribution in [1.29, 1.82) is 5.26 Å². The van der Waals surface area contributed by atoms with Crippen LogP contribution in [0.2, 0.25) is 0 Å². The van der Waals surface area contributed by atoms with Gasteiger partial charge in [0, 0.05) is 5.56 Å². The van der Waals surface area contributed by atoms with Gasteiger partial charge in [-0.15, -0.1) is 0 Å². The number of hydrogen-bond acceptors (Lipinski definition) is 2. The molecule has 0 bridgehead atoms. The van der Waals surface area contributed by atoms with E-state index in [0.717, 1.165) is 6.07 Å². The Balaban J connectivity index is 3.50. The molecule has 0 aliphatic rings. The van der Waals surface area contributed by atoms with Gasteiger partial charge in [-0.1, -0.05) is 6.92 Å². The Morgan fingerprint density at radius 2 is 2.21 bits per heavy atom. The smallest absolute Gasteiger partial charge is 0.161 e. The first-order valence-electron chi connectivity index (χ1n) is 4.33. The normalized spacial score (nSPS) is 9.57. The van der Waals surface area contributed by atoms with Crippen LogP contribution in [-0.4, -0.2) is 5.78 Å². The van der Waals surface area contributed by atoms with Crippen molar-refractivity contribution in [3.05, 3.63) is 34.6 Å². The number of Topliss-reactive ketones (excluding diaryl/α,β-unsaturated/α-hetero) is 1. The first-order valence-corrected chi connectivity index (χ1v) is 4.33. The summed E-state index contributed by atoms with van der Waals surface area (Å²) in [6.07, 6.45) is 0.543. The van der Waals surface area contributed by atoms with Gasteiger partial charge < -0.3 is 0 Å². The van der Waals surface area contributed by atoms with E-state index in [-0.39, 0.29) is 11.3 Å². The van der Waals surface area contributed by atoms with Crippen molar-refractivity contribution in [3.8, 4) is 6.07 Å². The Hall–Kier alpha value is -1.69. The Morgan fingerprint density at radius 3 is 2.64 bits per heavy atom. The van der Waals surface area contributed by atoms with Crippen molar-refractivity contribution in [2.75, 3.05) is 0 Å². The van der Waals surface area contributed by atoms with Gasteiger partial charge in [-0.25, -0.2) is 4.39 Å². The minimum atomic E-state index is -0.469. The molecule has 2 nitrogen and oxygen atoms in total. The van der Waals surface area contributed by atoms with Crippen LogP contribution in [0.15, 0.2) is 12.1 Å². The molecule has 14 heavy (non-hydrogen) atoms. The molecule has 0 saturated carbocycles. The van der Waals surface area contributed by atoms with Gasteiger partial charge in [-0.05, 0) is 31.0 Å². The number of ketones is 1. The van der Waals surface area contributed by atoms with E-state index >= 15 is 0 Å². The predicted molar refractivity (Wildman–Crippen MR) is 50.5 cm³/mol. The van der Waals surface area contributed by atoms with Crippen molar-refractivity contribution in [3.63, 3.8) is 0 Å². The van der Waals surface area contributed by atoms with Crippen molar-refractivity contribution in [2.24, 2.45) is 0 Å². The highest BCUT2D eigenvalue weighted by Gasteiger charge is 2.13. The summed E-state index contributed by atoms with van der Waals surface area (Å²) in [6, 6.07) is 4.23. The number of carbonyl (C=O) groups excluding carboxylic acids is 1. The highest BCUT2D eigenvalue weighted by Crippen LogP contribution is 2.17. The van der Waals surface area contributed by atoms with Crippen LogP contribution in [0.1, 0.15) is 35.3 Å². The van der Waals surface area contributed by atoms with Crippen molar-refractivity contribution >= 4 is 5.78 Å². The lowest BCUT2D eigenvalue weighted by Crippen LogP contribution is -2.03. The highest BCUT2D eigenvalue weighted by atomic mass is 19.1. The summed E-state index contributed by atoms with van der Waals surface area (Å²) in [5.41, 5.74) is 1.06. The van der Waals surface area contributed by atoms with Crippen LogP contribution in [-0.2, 0) is 6.42 Å². The molecule has 0 unspecified atom stereocenters. The van der Waals surface area contributed by atoms with Crippen LogP contribution >= 0.6 is 0 Å². The maximum Gasteiger partial charge on any atom is 0.161 e. The van der Waals surface area contributed by atoms with E-state index in [1.807, 2.05) is 13.0 Å². The zero-order chi connectivity index (χ0) is 10.7. The lowest BCUT2D eigenvalue weighted by atomic mass is 9.97. The summed E-state index contributed by atoms with van der Waals surface area (Å²) < 4.78 is 13.0. The van der Waals surface area contributed by atoms with Crippen molar-refractivity contribution < 1.29 is 9.18 Å². The molecule has 0 heterocycles. The molecule has 0 atom stereocenters. The molecule has 0 N–H and O–H groups in total. The van der Waals surface area contributed by atoms with Gasteiger partial charge in [0.2, 0.25) is 0 Å². The van der Waals surface area contributed by atoms with Gasteiger partial charge in [-0.2, -0.15) is 5.26 Å². The number of halogens is 1. The summed E-state index contributed by atoms with van der Waals surface area (Å²) in [5, 5.41) is 8.74. The minimum Gasteiger partial charge on any atom is -0.294 e. The molecule has 1 rings (SSSR count). The molecule has 0 spiro atoms. The zero-order valence-corrected chi connectivity index (χ0v) is 8.10. The van der Waals surface area contributed by atoms with Gasteiger partial charge >= 0.3 is 0 Å². The number of hydrogen-bond donors (Lipinski definition) is 0. The van der Waals surface area contributed by atoms with Crippen LogP contribution in [0.5, 0.6) is 0 Å². The lowest BCUT2D eigenvalue weighted by Gasteiger charge is -2.06. The van der Waals surface area contributed by atoms with E-state index in [4.69, 9.17) is 5.26 Å². The maximum absolute atomic E-state index is 13.0. The molecule has 0 aromatic heterocycles. The summed E-state index contributed by atoms with van der Waals surface area (Å²) in [4.78, 5) is 11.2.